The number of hydrogen-bond acceptors (Lipinski definition) is 6. The molecule has 1 fully saturated rings. The number of carbonyl (C=O) groups is 1. The molecule has 2 heterocycles. The smallest absolute Gasteiger partial charge is 0.181 e. The molecule has 0 spiro atoms. The number of hydrazine groups is 1. The van der Waals surface area contributed by atoms with Gasteiger partial charge in [0.1, 0.15) is 30.0 Å². The number of aliphatic hydroxyl groups is 1. The third-order valence-electron chi connectivity index (χ3n) is 5.89. The van der Waals surface area contributed by atoms with Gasteiger partial charge >= 0.3 is 0 Å². The lowest BCUT2D eigenvalue weighted by Crippen LogP contribution is -2.42. The Hall–Kier alpha value is -2.29. The second-order valence-electron chi connectivity index (χ2n) is 8.50. The summed E-state index contributed by atoms with van der Waals surface area (Å²) >= 11 is 11.7. The Bertz CT molecular complexity index is 1160. The average Bonchev–Trinajstić information content (AvgIpc) is 3.29. The second kappa shape index (κ2) is 11.4. The maximum atomic E-state index is 13.5. The Morgan fingerprint density at radius 1 is 1.24 bits per heavy atom. The van der Waals surface area contributed by atoms with Gasteiger partial charge in [-0.25, -0.2) is 14.4 Å². The van der Waals surface area contributed by atoms with Crippen LogP contribution in [0.1, 0.15) is 29.8 Å². The van der Waals surface area contributed by atoms with Gasteiger partial charge < -0.3 is 9.84 Å². The molecule has 4 rings (SSSR count). The molecule has 180 valence electrons. The quantitative estimate of drug-likeness (QED) is 0.381. The number of benzene rings is 2. The molecule has 0 amide bonds. The molecule has 6 nitrogen and oxygen atoms in total. The van der Waals surface area contributed by atoms with Gasteiger partial charge in [0.05, 0.1) is 10.5 Å². The fraction of sp³-hybridized carbons (Fsp3) is 0.360. The van der Waals surface area contributed by atoms with E-state index in [9.17, 15) is 14.3 Å². The highest BCUT2D eigenvalue weighted by atomic mass is 35.5. The van der Waals surface area contributed by atoms with Gasteiger partial charge in [0.25, 0.3) is 0 Å². The molecule has 2 atom stereocenters. The fourth-order valence-corrected chi connectivity index (χ4v) is 4.28. The highest BCUT2D eigenvalue weighted by Crippen LogP contribution is 2.23. The molecule has 0 radical (unpaired) electrons. The molecule has 34 heavy (non-hydrogen) atoms. The molecule has 3 aromatic rings. The number of hydrogen-bond donors (Lipinski definition) is 2. The number of aromatic nitrogens is 1. The van der Waals surface area contributed by atoms with E-state index in [1.165, 1.54) is 12.1 Å². The van der Waals surface area contributed by atoms with E-state index in [4.69, 9.17) is 27.9 Å². The predicted molar refractivity (Wildman–Crippen MR) is 131 cm³/mol. The topological polar surface area (TPSA) is 74.7 Å². The number of nitrogens with zero attached hydrogens (tertiary/aromatic N) is 2. The monoisotopic (exact) mass is 505 g/mol. The number of Topliss-reactive ketones (excluding diaryl/α,β-unsaturated/α-hetero) is 1. The molecular weight excluding hydrogens is 480 g/mol. The van der Waals surface area contributed by atoms with Gasteiger partial charge in [0.15, 0.2) is 5.78 Å². The first-order chi connectivity index (χ1) is 16.4. The summed E-state index contributed by atoms with van der Waals surface area (Å²) in [5.41, 5.74) is 4.45. The van der Waals surface area contributed by atoms with E-state index in [-0.39, 0.29) is 17.4 Å². The van der Waals surface area contributed by atoms with E-state index in [2.05, 4.69) is 15.4 Å². The van der Waals surface area contributed by atoms with Crippen LogP contribution in [0.4, 0.5) is 4.39 Å². The van der Waals surface area contributed by atoms with E-state index in [1.54, 1.807) is 18.2 Å². The van der Waals surface area contributed by atoms with Gasteiger partial charge in [-0.2, -0.15) is 0 Å². The molecule has 0 aliphatic carbocycles. The standard InChI is InChI=1S/C25H26Cl2FN3O3/c26-18-3-7-23-17(11-18)2-6-24(30-23)25(33)8-1-16-9-10-31(14-16)29-13-19(32)15-34-20-4-5-21(27)22(28)12-20/h2-7,11-12,16,19,29,32H,1,8-10,13-15H2. The zero-order valence-corrected chi connectivity index (χ0v) is 20.0. The van der Waals surface area contributed by atoms with Crippen molar-refractivity contribution in [1.82, 2.24) is 15.4 Å². The van der Waals surface area contributed by atoms with E-state index in [0.29, 0.717) is 35.3 Å². The van der Waals surface area contributed by atoms with Crippen LogP contribution in [0.5, 0.6) is 5.75 Å². The summed E-state index contributed by atoms with van der Waals surface area (Å²) in [6, 6.07) is 13.2. The highest BCUT2D eigenvalue weighted by molar-refractivity contribution is 6.31. The summed E-state index contributed by atoms with van der Waals surface area (Å²) in [7, 11) is 0. The summed E-state index contributed by atoms with van der Waals surface area (Å²) in [4.78, 5) is 17.1. The Labute approximate surface area is 207 Å². The number of nitrogens with one attached hydrogen (secondary N) is 1. The molecule has 1 saturated heterocycles. The molecule has 1 aromatic heterocycles. The molecule has 2 aromatic carbocycles. The lowest BCUT2D eigenvalue weighted by molar-refractivity contribution is 0.0811. The molecule has 2 N–H and O–H groups in total. The van der Waals surface area contributed by atoms with Crippen LogP contribution in [0.25, 0.3) is 10.9 Å². The van der Waals surface area contributed by atoms with Gasteiger partial charge in [-0.05, 0) is 55.2 Å². The summed E-state index contributed by atoms with van der Waals surface area (Å²) in [6.07, 6.45) is 1.44. The first-order valence-corrected chi connectivity index (χ1v) is 12.0. The largest absolute Gasteiger partial charge is 0.491 e. The van der Waals surface area contributed by atoms with Gasteiger partial charge in [0, 0.05) is 42.5 Å². The molecule has 9 heteroatoms. The van der Waals surface area contributed by atoms with Crippen molar-refractivity contribution in [2.45, 2.75) is 25.4 Å². The Kier molecular flexibility index (Phi) is 8.34. The van der Waals surface area contributed by atoms with Crippen molar-refractivity contribution < 1.29 is 19.0 Å². The number of carbonyl (C=O) groups excluding carboxylic acids is 1. The Morgan fingerprint density at radius 3 is 2.91 bits per heavy atom. The van der Waals surface area contributed by atoms with Crippen LogP contribution in [0, 0.1) is 11.7 Å². The van der Waals surface area contributed by atoms with E-state index in [1.807, 2.05) is 18.2 Å². The van der Waals surface area contributed by atoms with Gasteiger partial charge in [0.2, 0.25) is 0 Å². The van der Waals surface area contributed by atoms with Crippen LogP contribution in [-0.4, -0.2) is 53.2 Å². The third kappa shape index (κ3) is 6.64. The zero-order chi connectivity index (χ0) is 24.1. The van der Waals surface area contributed by atoms with Crippen LogP contribution in [-0.2, 0) is 0 Å². The molecule has 0 bridgehead atoms. The van der Waals surface area contributed by atoms with E-state index >= 15 is 0 Å². The summed E-state index contributed by atoms with van der Waals surface area (Å²) in [5.74, 6) is 0.182. The lowest BCUT2D eigenvalue weighted by atomic mass is 9.99. The van der Waals surface area contributed by atoms with Gasteiger partial charge in [-0.1, -0.05) is 29.3 Å². The van der Waals surface area contributed by atoms with Crippen molar-refractivity contribution >= 4 is 39.9 Å². The minimum Gasteiger partial charge on any atom is -0.491 e. The fourth-order valence-electron chi connectivity index (χ4n) is 3.98. The molecule has 0 saturated carbocycles. The van der Waals surface area contributed by atoms with Crippen LogP contribution < -0.4 is 10.2 Å². The normalized spacial score (nSPS) is 17.2. The Balaban J connectivity index is 1.17. The maximum absolute atomic E-state index is 13.5. The van der Waals surface area contributed by atoms with Crippen LogP contribution >= 0.6 is 23.2 Å². The van der Waals surface area contributed by atoms with Crippen molar-refractivity contribution in [3.05, 3.63) is 70.1 Å². The van der Waals surface area contributed by atoms with Crippen molar-refractivity contribution in [2.75, 3.05) is 26.2 Å². The Morgan fingerprint density at radius 2 is 2.09 bits per heavy atom. The second-order valence-corrected chi connectivity index (χ2v) is 9.34. The zero-order valence-electron chi connectivity index (χ0n) is 18.5. The lowest BCUT2D eigenvalue weighted by Gasteiger charge is -2.20. The maximum Gasteiger partial charge on any atom is 0.181 e. The minimum absolute atomic E-state index is 0.0266. The summed E-state index contributed by atoms with van der Waals surface area (Å²) in [5, 5.41) is 13.8. The molecule has 1 aliphatic heterocycles. The first-order valence-electron chi connectivity index (χ1n) is 11.2. The number of ketones is 1. The van der Waals surface area contributed by atoms with E-state index < -0.39 is 11.9 Å². The van der Waals surface area contributed by atoms with Crippen LogP contribution in [0.15, 0.2) is 48.5 Å². The molecule has 2 unspecified atom stereocenters. The number of fused-ring (bicyclic) bond motifs is 1. The molecule has 1 aliphatic rings. The number of rotatable bonds is 10. The van der Waals surface area contributed by atoms with Crippen LogP contribution in [0.3, 0.4) is 0 Å². The summed E-state index contributed by atoms with van der Waals surface area (Å²) < 4.78 is 18.9. The molecular formula is C25H26Cl2FN3O3. The highest BCUT2D eigenvalue weighted by Gasteiger charge is 2.24. The van der Waals surface area contributed by atoms with Gasteiger partial charge in [-0.15, -0.1) is 0 Å². The number of aliphatic hydroxyl groups excluding tert-OH is 1. The van der Waals surface area contributed by atoms with Crippen molar-refractivity contribution in [3.8, 4) is 5.75 Å². The minimum atomic E-state index is -0.756. The average molecular weight is 506 g/mol. The van der Waals surface area contributed by atoms with Gasteiger partial charge in [-0.3, -0.25) is 10.2 Å². The van der Waals surface area contributed by atoms with Crippen molar-refractivity contribution in [1.29, 1.82) is 0 Å². The third-order valence-corrected chi connectivity index (χ3v) is 6.43. The van der Waals surface area contributed by atoms with E-state index in [0.717, 1.165) is 36.8 Å². The summed E-state index contributed by atoms with van der Waals surface area (Å²) in [6.45, 7) is 1.98. The van der Waals surface area contributed by atoms with Crippen molar-refractivity contribution in [2.24, 2.45) is 5.92 Å². The predicted octanol–water partition coefficient (Wildman–Crippen LogP) is 4.91. The number of pyridine rings is 1. The van der Waals surface area contributed by atoms with Crippen molar-refractivity contribution in [3.63, 3.8) is 0 Å². The first kappa shape index (κ1) is 24.8. The number of halogens is 3. The SMILES string of the molecule is O=C(CCC1CCN(NCC(O)COc2ccc(Cl)c(F)c2)C1)c1ccc2cc(Cl)ccc2n1. The van der Waals surface area contributed by atoms with Crippen LogP contribution in [0.2, 0.25) is 10.0 Å². The number of ether oxygens (including phenoxy) is 1.